The van der Waals surface area contributed by atoms with Crippen molar-refractivity contribution in [1.82, 2.24) is 4.90 Å². The van der Waals surface area contributed by atoms with Gasteiger partial charge in [0.05, 0.1) is 17.6 Å². The number of nitrogens with zero attached hydrogens (tertiary/aromatic N) is 1. The number of ether oxygens (including phenoxy) is 2. The molecule has 1 aliphatic heterocycles. The third kappa shape index (κ3) is 4.31. The molecule has 1 aromatic carbocycles. The maximum atomic E-state index is 13.0. The zero-order chi connectivity index (χ0) is 21.0. The molecule has 28 heavy (non-hydrogen) atoms. The Bertz CT molecular complexity index is 832. The molecule has 0 radical (unpaired) electrons. The molecule has 0 saturated carbocycles. The van der Waals surface area contributed by atoms with E-state index >= 15 is 0 Å². The lowest BCUT2D eigenvalue weighted by Crippen LogP contribution is -2.36. The Morgan fingerprint density at radius 2 is 1.93 bits per heavy atom. The number of hydrogen-bond donors (Lipinski definition) is 2. The molecule has 0 spiro atoms. The van der Waals surface area contributed by atoms with Crippen molar-refractivity contribution < 1.29 is 24.2 Å². The quantitative estimate of drug-likeness (QED) is 0.668. The largest absolute Gasteiger partial charge is 0.478 e. The lowest BCUT2D eigenvalue weighted by Gasteiger charge is -2.36. The summed E-state index contributed by atoms with van der Waals surface area (Å²) in [6, 6.07) is 6.81. The van der Waals surface area contributed by atoms with E-state index in [1.54, 1.807) is 52.1 Å². The van der Waals surface area contributed by atoms with Crippen molar-refractivity contribution in [2.24, 2.45) is 5.73 Å². The molecule has 0 bridgehead atoms. The van der Waals surface area contributed by atoms with Gasteiger partial charge in [0, 0.05) is 24.3 Å². The normalized spacial score (nSPS) is 17.2. The zero-order valence-electron chi connectivity index (χ0n) is 16.4. The van der Waals surface area contributed by atoms with Gasteiger partial charge in [0.2, 0.25) is 5.88 Å². The van der Waals surface area contributed by atoms with Gasteiger partial charge in [-0.2, -0.15) is 0 Å². The zero-order valence-corrected chi connectivity index (χ0v) is 17.1. The lowest BCUT2D eigenvalue weighted by atomic mass is 9.81. The van der Waals surface area contributed by atoms with Crippen molar-refractivity contribution in [3.05, 3.63) is 57.6 Å². The second kappa shape index (κ2) is 9.12. The number of carbonyl (C=O) groups is 2. The van der Waals surface area contributed by atoms with E-state index in [9.17, 15) is 14.7 Å². The smallest absolute Gasteiger partial charge is 0.340 e. The number of nitrogens with two attached hydrogens (primary N) is 1. The molecule has 0 fully saturated rings. The molecule has 152 valence electrons. The SMILES string of the molecule is CC1=C(C(=O)O)C(c2ccccc2Cl)C(C(=O)OC(C)C)=C(OCCN)N1C. The van der Waals surface area contributed by atoms with Gasteiger partial charge in [0.25, 0.3) is 0 Å². The molecule has 0 saturated heterocycles. The van der Waals surface area contributed by atoms with Gasteiger partial charge in [-0.3, -0.25) is 0 Å². The summed E-state index contributed by atoms with van der Waals surface area (Å²) in [4.78, 5) is 26.7. The predicted molar refractivity (Wildman–Crippen MR) is 106 cm³/mol. The molecule has 1 unspecified atom stereocenters. The van der Waals surface area contributed by atoms with Crippen molar-refractivity contribution in [2.45, 2.75) is 32.8 Å². The Kier molecular flexibility index (Phi) is 7.10. The number of esters is 1. The van der Waals surface area contributed by atoms with Crippen molar-refractivity contribution >= 4 is 23.5 Å². The van der Waals surface area contributed by atoms with Gasteiger partial charge in [0.1, 0.15) is 12.2 Å². The van der Waals surface area contributed by atoms with E-state index in [4.69, 9.17) is 26.8 Å². The summed E-state index contributed by atoms with van der Waals surface area (Å²) in [5.74, 6) is -2.54. The molecule has 0 aliphatic carbocycles. The summed E-state index contributed by atoms with van der Waals surface area (Å²) in [5, 5.41) is 10.3. The Morgan fingerprint density at radius 3 is 2.46 bits per heavy atom. The van der Waals surface area contributed by atoms with Gasteiger partial charge >= 0.3 is 11.9 Å². The fourth-order valence-corrected chi connectivity index (χ4v) is 3.35. The second-order valence-corrected chi connectivity index (χ2v) is 7.04. The van der Waals surface area contributed by atoms with Gasteiger partial charge in [-0.15, -0.1) is 0 Å². The number of halogens is 1. The van der Waals surface area contributed by atoms with E-state index in [-0.39, 0.29) is 30.2 Å². The van der Waals surface area contributed by atoms with E-state index in [1.165, 1.54) is 4.90 Å². The van der Waals surface area contributed by atoms with Gasteiger partial charge in [-0.1, -0.05) is 29.8 Å². The van der Waals surface area contributed by atoms with Crippen molar-refractivity contribution in [3.8, 4) is 0 Å². The van der Waals surface area contributed by atoms with Gasteiger partial charge in [-0.05, 0) is 32.4 Å². The lowest BCUT2D eigenvalue weighted by molar-refractivity contribution is -0.143. The average molecular weight is 409 g/mol. The first kappa shape index (κ1) is 21.8. The number of rotatable bonds is 7. The molecule has 1 aliphatic rings. The van der Waals surface area contributed by atoms with Crippen LogP contribution in [-0.2, 0) is 19.1 Å². The minimum Gasteiger partial charge on any atom is -0.478 e. The van der Waals surface area contributed by atoms with Crippen LogP contribution in [0.5, 0.6) is 0 Å². The fraction of sp³-hybridized carbons (Fsp3) is 0.400. The predicted octanol–water partition coefficient (Wildman–Crippen LogP) is 2.87. The Labute approximate surface area is 169 Å². The number of carbonyl (C=O) groups excluding carboxylic acids is 1. The van der Waals surface area contributed by atoms with Crippen LogP contribution in [0.15, 0.2) is 47.0 Å². The molecule has 2 rings (SSSR count). The van der Waals surface area contributed by atoms with E-state index in [2.05, 4.69) is 0 Å². The topological polar surface area (TPSA) is 102 Å². The number of hydrogen-bond acceptors (Lipinski definition) is 6. The van der Waals surface area contributed by atoms with Gasteiger partial charge < -0.3 is 25.2 Å². The van der Waals surface area contributed by atoms with Crippen LogP contribution in [0.25, 0.3) is 0 Å². The highest BCUT2D eigenvalue weighted by Crippen LogP contribution is 2.44. The maximum Gasteiger partial charge on any atom is 0.340 e. The summed E-state index contributed by atoms with van der Waals surface area (Å²) in [6.45, 7) is 5.48. The molecule has 1 aromatic rings. The molecule has 3 N–H and O–H groups in total. The Balaban J connectivity index is 2.79. The number of carboxylic acid groups (broad SMARTS) is 1. The standard InChI is InChI=1S/C20H25ClN2O5/c1-11(2)28-20(26)17-16(13-7-5-6-8-14(13)21)15(19(24)25)12(3)23(4)18(17)27-10-9-22/h5-8,11,16H,9-10,22H2,1-4H3,(H,24,25). The van der Waals surface area contributed by atoms with E-state index in [0.717, 1.165) is 0 Å². The molecule has 0 amide bonds. The van der Waals surface area contributed by atoms with Crippen LogP contribution in [0.2, 0.25) is 5.02 Å². The van der Waals surface area contributed by atoms with E-state index in [1.807, 2.05) is 0 Å². The fourth-order valence-electron chi connectivity index (χ4n) is 3.10. The van der Waals surface area contributed by atoms with Crippen LogP contribution < -0.4 is 5.73 Å². The molecule has 1 heterocycles. The van der Waals surface area contributed by atoms with Crippen molar-refractivity contribution in [1.29, 1.82) is 0 Å². The minimum absolute atomic E-state index is 0.0337. The summed E-state index contributed by atoms with van der Waals surface area (Å²) in [6.07, 6.45) is -0.395. The highest BCUT2D eigenvalue weighted by atomic mass is 35.5. The summed E-state index contributed by atoms with van der Waals surface area (Å²) >= 11 is 6.37. The number of carboxylic acids is 1. The first-order valence-electron chi connectivity index (χ1n) is 8.90. The van der Waals surface area contributed by atoms with Crippen LogP contribution >= 0.6 is 11.6 Å². The summed E-state index contributed by atoms with van der Waals surface area (Å²) in [5.41, 5.74) is 6.60. The highest BCUT2D eigenvalue weighted by Gasteiger charge is 2.42. The second-order valence-electron chi connectivity index (χ2n) is 6.63. The van der Waals surface area contributed by atoms with Crippen molar-refractivity contribution in [3.63, 3.8) is 0 Å². The van der Waals surface area contributed by atoms with Gasteiger partial charge in [0.15, 0.2) is 0 Å². The highest BCUT2D eigenvalue weighted by molar-refractivity contribution is 6.31. The Hall–Kier alpha value is -2.51. The van der Waals surface area contributed by atoms with E-state index < -0.39 is 24.0 Å². The van der Waals surface area contributed by atoms with Gasteiger partial charge in [-0.25, -0.2) is 9.59 Å². The molecular formula is C20H25ClN2O5. The number of aliphatic carboxylic acids is 1. The van der Waals surface area contributed by atoms with Crippen LogP contribution in [-0.4, -0.2) is 48.2 Å². The third-order valence-electron chi connectivity index (χ3n) is 4.37. The monoisotopic (exact) mass is 408 g/mol. The molecular weight excluding hydrogens is 384 g/mol. The number of benzene rings is 1. The van der Waals surface area contributed by atoms with Crippen LogP contribution in [0, 0.1) is 0 Å². The first-order valence-corrected chi connectivity index (χ1v) is 9.28. The molecule has 7 nitrogen and oxygen atoms in total. The third-order valence-corrected chi connectivity index (χ3v) is 4.72. The van der Waals surface area contributed by atoms with Crippen LogP contribution in [0.3, 0.4) is 0 Å². The molecule has 0 aromatic heterocycles. The summed E-state index contributed by atoms with van der Waals surface area (Å²) in [7, 11) is 1.63. The maximum absolute atomic E-state index is 13.0. The first-order chi connectivity index (χ1) is 13.2. The molecule has 8 heteroatoms. The average Bonchev–Trinajstić information content (AvgIpc) is 2.62. The van der Waals surface area contributed by atoms with Crippen LogP contribution in [0.1, 0.15) is 32.3 Å². The molecule has 1 atom stereocenters. The van der Waals surface area contributed by atoms with Crippen LogP contribution in [0.4, 0.5) is 0 Å². The number of allylic oxidation sites excluding steroid dienone is 1. The summed E-state index contributed by atoms with van der Waals surface area (Å²) < 4.78 is 11.2. The minimum atomic E-state index is -1.15. The Morgan fingerprint density at radius 1 is 1.29 bits per heavy atom. The van der Waals surface area contributed by atoms with E-state index in [0.29, 0.717) is 16.3 Å². The van der Waals surface area contributed by atoms with Crippen molar-refractivity contribution in [2.75, 3.05) is 20.2 Å².